The molecule has 0 fully saturated rings. The molecular weight excluding hydrogens is 242 g/mol. The average molecular weight is 266 g/mol. The number of hydrogen-bond acceptors (Lipinski definition) is 1. The van der Waals surface area contributed by atoms with E-state index < -0.39 is 0 Å². The Labute approximate surface area is 116 Å². The van der Waals surface area contributed by atoms with E-state index in [0.29, 0.717) is 6.04 Å². The highest BCUT2D eigenvalue weighted by molar-refractivity contribution is 6.31. The Morgan fingerprint density at radius 1 is 1.44 bits per heavy atom. The zero-order chi connectivity index (χ0) is 13.4. The number of unbranched alkanes of at least 4 members (excludes halogenated alkanes) is 1. The number of benzene rings is 1. The molecule has 0 spiro atoms. The summed E-state index contributed by atoms with van der Waals surface area (Å²) in [6.07, 6.45) is 6.50. The number of allylic oxidation sites excluding steroid dienone is 1. The van der Waals surface area contributed by atoms with Crippen LogP contribution in [0.5, 0.6) is 0 Å². The maximum absolute atomic E-state index is 6.21. The van der Waals surface area contributed by atoms with Crippen LogP contribution in [0.4, 0.5) is 0 Å². The predicted octanol–water partition coefficient (Wildman–Crippen LogP) is 5.05. The van der Waals surface area contributed by atoms with Crippen molar-refractivity contribution in [3.8, 4) is 0 Å². The van der Waals surface area contributed by atoms with Gasteiger partial charge in [-0.2, -0.15) is 0 Å². The zero-order valence-corrected chi connectivity index (χ0v) is 12.3. The van der Waals surface area contributed by atoms with Crippen molar-refractivity contribution < 1.29 is 0 Å². The van der Waals surface area contributed by atoms with E-state index in [4.69, 9.17) is 11.6 Å². The Bertz CT molecular complexity index is 373. The monoisotopic (exact) mass is 265 g/mol. The molecular formula is C16H24ClN. The van der Waals surface area contributed by atoms with E-state index in [1.165, 1.54) is 5.56 Å². The molecule has 0 aromatic heterocycles. The summed E-state index contributed by atoms with van der Waals surface area (Å²) in [5.41, 5.74) is 2.43. The largest absolute Gasteiger partial charge is 0.310 e. The minimum atomic E-state index is 0.406. The van der Waals surface area contributed by atoms with Crippen LogP contribution in [0.3, 0.4) is 0 Å². The van der Waals surface area contributed by atoms with E-state index >= 15 is 0 Å². The lowest BCUT2D eigenvalue weighted by atomic mass is 9.99. The molecule has 0 radical (unpaired) electrons. The molecule has 0 amide bonds. The minimum absolute atomic E-state index is 0.406. The Balaban J connectivity index is 2.72. The summed E-state index contributed by atoms with van der Waals surface area (Å²) in [6.45, 7) is 9.05. The van der Waals surface area contributed by atoms with E-state index in [1.54, 1.807) is 0 Å². The van der Waals surface area contributed by atoms with Crippen LogP contribution in [0.1, 0.15) is 49.8 Å². The first-order valence-electron chi connectivity index (χ1n) is 6.79. The summed E-state index contributed by atoms with van der Waals surface area (Å²) < 4.78 is 0. The minimum Gasteiger partial charge on any atom is -0.310 e. The number of hydrogen-bond donors (Lipinski definition) is 1. The average Bonchev–Trinajstić information content (AvgIpc) is 2.37. The van der Waals surface area contributed by atoms with Crippen LogP contribution in [0, 0.1) is 6.92 Å². The number of rotatable bonds is 8. The molecule has 18 heavy (non-hydrogen) atoms. The molecule has 0 aliphatic rings. The van der Waals surface area contributed by atoms with Gasteiger partial charge in [-0.05, 0) is 56.3 Å². The first-order valence-corrected chi connectivity index (χ1v) is 7.17. The first kappa shape index (κ1) is 15.3. The Kier molecular flexibility index (Phi) is 7.07. The number of halogens is 1. The van der Waals surface area contributed by atoms with Gasteiger partial charge < -0.3 is 5.32 Å². The quantitative estimate of drug-likeness (QED) is 0.513. The van der Waals surface area contributed by atoms with Crippen molar-refractivity contribution in [1.29, 1.82) is 0 Å². The smallest absolute Gasteiger partial charge is 0.0438 e. The molecule has 0 aliphatic carbocycles. The van der Waals surface area contributed by atoms with Crippen LogP contribution in [0.2, 0.25) is 5.02 Å². The van der Waals surface area contributed by atoms with Crippen LogP contribution in [0.15, 0.2) is 30.9 Å². The molecule has 1 aromatic rings. The lowest BCUT2D eigenvalue weighted by molar-refractivity contribution is 0.486. The fourth-order valence-corrected chi connectivity index (χ4v) is 2.19. The van der Waals surface area contributed by atoms with E-state index in [0.717, 1.165) is 42.8 Å². The highest BCUT2D eigenvalue weighted by Crippen LogP contribution is 2.24. The van der Waals surface area contributed by atoms with E-state index in [1.807, 2.05) is 13.0 Å². The molecule has 1 N–H and O–H groups in total. The van der Waals surface area contributed by atoms with Gasteiger partial charge in [-0.15, -0.1) is 6.58 Å². The molecule has 1 atom stereocenters. The summed E-state index contributed by atoms with van der Waals surface area (Å²) in [5.74, 6) is 0. The summed E-state index contributed by atoms with van der Waals surface area (Å²) >= 11 is 6.21. The summed E-state index contributed by atoms with van der Waals surface area (Å²) in [7, 11) is 0. The van der Waals surface area contributed by atoms with Gasteiger partial charge in [-0.1, -0.05) is 36.7 Å². The molecule has 1 nitrogen and oxygen atoms in total. The van der Waals surface area contributed by atoms with E-state index in [9.17, 15) is 0 Å². The Morgan fingerprint density at radius 2 is 2.22 bits per heavy atom. The third-order valence-corrected chi connectivity index (χ3v) is 3.55. The summed E-state index contributed by atoms with van der Waals surface area (Å²) in [4.78, 5) is 0. The molecule has 0 aliphatic heterocycles. The Morgan fingerprint density at radius 3 is 2.83 bits per heavy atom. The van der Waals surface area contributed by atoms with Crippen molar-refractivity contribution in [2.45, 2.75) is 45.6 Å². The topological polar surface area (TPSA) is 12.0 Å². The maximum atomic E-state index is 6.21. The van der Waals surface area contributed by atoms with Crippen molar-refractivity contribution in [1.82, 2.24) is 5.32 Å². The summed E-state index contributed by atoms with van der Waals surface area (Å²) in [5, 5.41) is 4.46. The maximum Gasteiger partial charge on any atom is 0.0438 e. The zero-order valence-electron chi connectivity index (χ0n) is 11.5. The lowest BCUT2D eigenvalue weighted by Crippen LogP contribution is -2.22. The fourth-order valence-electron chi connectivity index (χ4n) is 2.00. The first-order chi connectivity index (χ1) is 8.69. The van der Waals surface area contributed by atoms with Crippen LogP contribution >= 0.6 is 11.6 Å². The highest BCUT2D eigenvalue weighted by Gasteiger charge is 2.11. The molecule has 0 saturated carbocycles. The van der Waals surface area contributed by atoms with Crippen LogP contribution in [0.25, 0.3) is 0 Å². The molecule has 2 heteroatoms. The van der Waals surface area contributed by atoms with Crippen molar-refractivity contribution >= 4 is 11.6 Å². The van der Waals surface area contributed by atoms with Gasteiger partial charge in [0.05, 0.1) is 0 Å². The van der Waals surface area contributed by atoms with Crippen molar-refractivity contribution in [2.24, 2.45) is 0 Å². The van der Waals surface area contributed by atoms with Gasteiger partial charge in [0.25, 0.3) is 0 Å². The molecule has 0 bridgehead atoms. The van der Waals surface area contributed by atoms with Crippen LogP contribution in [-0.2, 0) is 0 Å². The fraction of sp³-hybridized carbons (Fsp3) is 0.500. The highest BCUT2D eigenvalue weighted by atomic mass is 35.5. The second-order valence-electron chi connectivity index (χ2n) is 4.73. The third-order valence-electron chi connectivity index (χ3n) is 3.14. The van der Waals surface area contributed by atoms with Crippen LogP contribution < -0.4 is 5.32 Å². The normalized spacial score (nSPS) is 12.4. The summed E-state index contributed by atoms with van der Waals surface area (Å²) in [6, 6.07) is 6.79. The molecule has 0 heterocycles. The van der Waals surface area contributed by atoms with Crippen LogP contribution in [-0.4, -0.2) is 6.54 Å². The number of nitrogens with one attached hydrogen (secondary N) is 1. The van der Waals surface area contributed by atoms with E-state index in [-0.39, 0.29) is 0 Å². The van der Waals surface area contributed by atoms with Crippen molar-refractivity contribution in [3.05, 3.63) is 47.0 Å². The number of aryl methyl sites for hydroxylation is 1. The van der Waals surface area contributed by atoms with Gasteiger partial charge >= 0.3 is 0 Å². The molecule has 1 aromatic carbocycles. The molecule has 1 rings (SSSR count). The van der Waals surface area contributed by atoms with Gasteiger partial charge in [-0.25, -0.2) is 0 Å². The van der Waals surface area contributed by atoms with Crippen molar-refractivity contribution in [3.63, 3.8) is 0 Å². The molecule has 1 unspecified atom stereocenters. The van der Waals surface area contributed by atoms with Gasteiger partial charge in [-0.3, -0.25) is 0 Å². The van der Waals surface area contributed by atoms with Gasteiger partial charge in [0, 0.05) is 11.1 Å². The molecule has 0 saturated heterocycles. The van der Waals surface area contributed by atoms with Gasteiger partial charge in [0.2, 0.25) is 0 Å². The second kappa shape index (κ2) is 8.34. The third kappa shape index (κ3) is 4.83. The lowest BCUT2D eigenvalue weighted by Gasteiger charge is -2.19. The Hall–Kier alpha value is -0.790. The SMILES string of the molecule is C=CCCCC(NCCC)c1ccc(C)c(Cl)c1. The van der Waals surface area contributed by atoms with E-state index in [2.05, 4.69) is 37.0 Å². The van der Waals surface area contributed by atoms with Gasteiger partial charge in [0.15, 0.2) is 0 Å². The predicted molar refractivity (Wildman–Crippen MR) is 81.3 cm³/mol. The van der Waals surface area contributed by atoms with Gasteiger partial charge in [0.1, 0.15) is 0 Å². The second-order valence-corrected chi connectivity index (χ2v) is 5.14. The standard InChI is InChI=1S/C16H24ClN/c1-4-6-7-8-16(18-11-5-2)14-10-9-13(3)15(17)12-14/h4,9-10,12,16,18H,1,5-8,11H2,2-3H3. The molecule has 100 valence electrons. The van der Waals surface area contributed by atoms with Crippen molar-refractivity contribution in [2.75, 3.05) is 6.54 Å².